The van der Waals surface area contributed by atoms with Crippen molar-refractivity contribution in [3.63, 3.8) is 0 Å². The second-order valence-corrected chi connectivity index (χ2v) is 4.71. The Hall–Kier alpha value is -2.08. The van der Waals surface area contributed by atoms with Crippen molar-refractivity contribution in [2.24, 2.45) is 0 Å². The number of rotatable bonds is 5. The lowest BCUT2D eigenvalue weighted by Crippen LogP contribution is -2.33. The molecule has 20 heavy (non-hydrogen) atoms. The number of benzene rings is 1. The van der Waals surface area contributed by atoms with E-state index in [4.69, 9.17) is 9.47 Å². The Labute approximate surface area is 117 Å². The van der Waals surface area contributed by atoms with Gasteiger partial charge in [0.2, 0.25) is 0 Å². The molecule has 1 atom stereocenters. The van der Waals surface area contributed by atoms with Crippen molar-refractivity contribution >= 4 is 0 Å². The Morgan fingerprint density at radius 3 is 3.05 bits per heavy atom. The minimum Gasteiger partial charge on any atom is -0.486 e. The molecule has 0 aliphatic carbocycles. The highest BCUT2D eigenvalue weighted by molar-refractivity contribution is 5.40. The first-order valence-electron chi connectivity index (χ1n) is 6.83. The third-order valence-electron chi connectivity index (χ3n) is 3.10. The van der Waals surface area contributed by atoms with Gasteiger partial charge in [0.1, 0.15) is 6.61 Å². The zero-order valence-corrected chi connectivity index (χ0v) is 11.5. The second kappa shape index (κ2) is 5.92. The SMILES string of the molecule is CCNCc1cn(CC2COc3ccccc3O2)nn1. The molecule has 0 saturated heterocycles. The van der Waals surface area contributed by atoms with Crippen LogP contribution in [0.25, 0.3) is 0 Å². The van der Waals surface area contributed by atoms with Gasteiger partial charge in [-0.15, -0.1) is 5.10 Å². The molecule has 0 spiro atoms. The molecular weight excluding hydrogens is 256 g/mol. The van der Waals surface area contributed by atoms with Crippen LogP contribution in [-0.2, 0) is 13.1 Å². The number of hydrogen-bond donors (Lipinski definition) is 1. The molecule has 1 aromatic carbocycles. The van der Waals surface area contributed by atoms with Crippen molar-refractivity contribution in [1.29, 1.82) is 0 Å². The average Bonchev–Trinajstić information content (AvgIpc) is 2.92. The molecule has 6 heteroatoms. The van der Waals surface area contributed by atoms with E-state index in [1.165, 1.54) is 0 Å². The van der Waals surface area contributed by atoms with Crippen LogP contribution in [0.1, 0.15) is 12.6 Å². The smallest absolute Gasteiger partial charge is 0.161 e. The lowest BCUT2D eigenvalue weighted by Gasteiger charge is -2.26. The topological polar surface area (TPSA) is 61.2 Å². The Morgan fingerprint density at radius 2 is 2.20 bits per heavy atom. The van der Waals surface area contributed by atoms with Crippen LogP contribution in [0, 0.1) is 0 Å². The standard InChI is InChI=1S/C14H18N4O2/c1-2-15-7-11-8-18(17-16-11)9-12-10-19-13-5-3-4-6-14(13)20-12/h3-6,8,12,15H,2,7,9-10H2,1H3. The molecule has 0 radical (unpaired) electrons. The average molecular weight is 274 g/mol. The Kier molecular flexibility index (Phi) is 3.83. The molecule has 0 bridgehead atoms. The van der Waals surface area contributed by atoms with Crippen molar-refractivity contribution in [3.8, 4) is 11.5 Å². The number of nitrogens with one attached hydrogen (secondary N) is 1. The van der Waals surface area contributed by atoms with Gasteiger partial charge in [0.25, 0.3) is 0 Å². The third kappa shape index (κ3) is 2.91. The number of para-hydroxylation sites is 2. The van der Waals surface area contributed by atoms with E-state index in [-0.39, 0.29) is 6.10 Å². The van der Waals surface area contributed by atoms with Gasteiger partial charge in [0, 0.05) is 12.7 Å². The highest BCUT2D eigenvalue weighted by Crippen LogP contribution is 2.31. The van der Waals surface area contributed by atoms with Crippen molar-refractivity contribution in [2.75, 3.05) is 13.2 Å². The zero-order valence-electron chi connectivity index (χ0n) is 11.5. The molecule has 2 aromatic rings. The fraction of sp³-hybridized carbons (Fsp3) is 0.429. The monoisotopic (exact) mass is 274 g/mol. The van der Waals surface area contributed by atoms with Gasteiger partial charge in [0.05, 0.1) is 12.2 Å². The minimum atomic E-state index is -0.0430. The van der Waals surface area contributed by atoms with E-state index in [2.05, 4.69) is 22.6 Å². The van der Waals surface area contributed by atoms with Crippen molar-refractivity contribution in [1.82, 2.24) is 20.3 Å². The van der Waals surface area contributed by atoms with Crippen LogP contribution in [0.3, 0.4) is 0 Å². The molecule has 106 valence electrons. The fourth-order valence-electron chi connectivity index (χ4n) is 2.12. The van der Waals surface area contributed by atoms with Gasteiger partial charge in [-0.3, -0.25) is 0 Å². The lowest BCUT2D eigenvalue weighted by atomic mass is 10.2. The molecule has 0 fully saturated rings. The Balaban J connectivity index is 1.60. The van der Waals surface area contributed by atoms with Gasteiger partial charge in [-0.25, -0.2) is 4.68 Å². The summed E-state index contributed by atoms with van der Waals surface area (Å²) >= 11 is 0. The number of hydrogen-bond acceptors (Lipinski definition) is 5. The number of aromatic nitrogens is 3. The maximum absolute atomic E-state index is 5.90. The van der Waals surface area contributed by atoms with Crippen LogP contribution in [0.4, 0.5) is 0 Å². The summed E-state index contributed by atoms with van der Waals surface area (Å²) in [5, 5.41) is 11.5. The maximum Gasteiger partial charge on any atom is 0.161 e. The summed E-state index contributed by atoms with van der Waals surface area (Å²) in [6.45, 7) is 4.88. The number of fused-ring (bicyclic) bond motifs is 1. The van der Waals surface area contributed by atoms with E-state index in [1.807, 2.05) is 30.5 Å². The minimum absolute atomic E-state index is 0.0430. The van der Waals surface area contributed by atoms with E-state index in [0.717, 1.165) is 30.3 Å². The maximum atomic E-state index is 5.90. The van der Waals surface area contributed by atoms with Crippen LogP contribution in [0.5, 0.6) is 11.5 Å². The van der Waals surface area contributed by atoms with E-state index in [9.17, 15) is 0 Å². The first-order valence-corrected chi connectivity index (χ1v) is 6.83. The molecule has 1 aliphatic rings. The fourth-order valence-corrected chi connectivity index (χ4v) is 2.12. The van der Waals surface area contributed by atoms with Gasteiger partial charge in [-0.2, -0.15) is 0 Å². The highest BCUT2D eigenvalue weighted by atomic mass is 16.6. The number of ether oxygens (including phenoxy) is 2. The second-order valence-electron chi connectivity index (χ2n) is 4.71. The first kappa shape index (κ1) is 12.9. The van der Waals surface area contributed by atoms with Gasteiger partial charge < -0.3 is 14.8 Å². The summed E-state index contributed by atoms with van der Waals surface area (Å²) in [5.74, 6) is 1.59. The molecule has 3 rings (SSSR count). The summed E-state index contributed by atoms with van der Waals surface area (Å²) in [4.78, 5) is 0. The van der Waals surface area contributed by atoms with Gasteiger partial charge in [0.15, 0.2) is 17.6 Å². The van der Waals surface area contributed by atoms with Crippen molar-refractivity contribution in [3.05, 3.63) is 36.2 Å². The number of nitrogens with zero attached hydrogens (tertiary/aromatic N) is 3. The molecular formula is C14H18N4O2. The predicted octanol–water partition coefficient (Wildman–Crippen LogP) is 1.23. The lowest BCUT2D eigenvalue weighted by molar-refractivity contribution is 0.0755. The zero-order chi connectivity index (χ0) is 13.8. The summed E-state index contributed by atoms with van der Waals surface area (Å²) in [7, 11) is 0. The Bertz CT molecular complexity index is 570. The van der Waals surface area contributed by atoms with E-state index in [1.54, 1.807) is 4.68 Å². The predicted molar refractivity (Wildman–Crippen MR) is 73.8 cm³/mol. The molecule has 6 nitrogen and oxygen atoms in total. The van der Waals surface area contributed by atoms with Crippen molar-refractivity contribution in [2.45, 2.75) is 26.1 Å². The van der Waals surface area contributed by atoms with Crippen molar-refractivity contribution < 1.29 is 9.47 Å². The summed E-state index contributed by atoms with van der Waals surface area (Å²) in [6.07, 6.45) is 1.89. The van der Waals surface area contributed by atoms with Gasteiger partial charge in [-0.05, 0) is 18.7 Å². The quantitative estimate of drug-likeness (QED) is 0.888. The highest BCUT2D eigenvalue weighted by Gasteiger charge is 2.21. The molecule has 1 unspecified atom stereocenters. The van der Waals surface area contributed by atoms with Crippen LogP contribution < -0.4 is 14.8 Å². The summed E-state index contributed by atoms with van der Waals surface area (Å²) < 4.78 is 13.4. The van der Waals surface area contributed by atoms with Crippen LogP contribution in [0.2, 0.25) is 0 Å². The molecule has 0 amide bonds. The van der Waals surface area contributed by atoms with E-state index < -0.39 is 0 Å². The third-order valence-corrected chi connectivity index (χ3v) is 3.10. The molecule has 2 heterocycles. The first-order chi connectivity index (χ1) is 9.85. The largest absolute Gasteiger partial charge is 0.486 e. The molecule has 1 aliphatic heterocycles. The van der Waals surface area contributed by atoms with Crippen LogP contribution in [-0.4, -0.2) is 34.2 Å². The molecule has 1 N–H and O–H groups in total. The summed E-state index contributed by atoms with van der Waals surface area (Å²) in [6, 6.07) is 7.70. The van der Waals surface area contributed by atoms with E-state index >= 15 is 0 Å². The molecule has 1 aromatic heterocycles. The van der Waals surface area contributed by atoms with E-state index in [0.29, 0.717) is 13.2 Å². The van der Waals surface area contributed by atoms with Gasteiger partial charge in [-0.1, -0.05) is 24.3 Å². The van der Waals surface area contributed by atoms with Crippen LogP contribution >= 0.6 is 0 Å². The summed E-state index contributed by atoms with van der Waals surface area (Å²) in [5.41, 5.74) is 0.934. The normalized spacial score (nSPS) is 17.1. The van der Waals surface area contributed by atoms with Gasteiger partial charge >= 0.3 is 0 Å². The van der Waals surface area contributed by atoms with Crippen LogP contribution in [0.15, 0.2) is 30.5 Å². The molecule has 0 saturated carbocycles. The Morgan fingerprint density at radius 1 is 1.35 bits per heavy atom.